The number of carbonyl (C=O) groups is 1. The Kier molecular flexibility index (Phi) is 6.71. The van der Waals surface area contributed by atoms with Crippen LogP contribution in [-0.2, 0) is 23.1 Å². The Labute approximate surface area is 216 Å². The van der Waals surface area contributed by atoms with Crippen molar-refractivity contribution in [3.63, 3.8) is 0 Å². The maximum Gasteiger partial charge on any atom is 0.226 e. The summed E-state index contributed by atoms with van der Waals surface area (Å²) in [6.07, 6.45) is 4.61. The number of imidazole rings is 1. The van der Waals surface area contributed by atoms with E-state index in [0.29, 0.717) is 12.0 Å². The standard InChI is InChI=1S/C31H42N4O/c1-20(2)29(36)32-25-9-8-23-16-22(17-24(23)18-25)19-34-13-11-26(12-14-34)35-28-10-7-21(3)15-27(28)33-30(35)31(4,5)6/h7-10,15,18,20,22,26H,11-14,16-17,19H2,1-6H3,(H,32,36). The van der Waals surface area contributed by atoms with Crippen molar-refractivity contribution < 1.29 is 4.79 Å². The van der Waals surface area contributed by atoms with E-state index in [4.69, 9.17) is 4.98 Å². The fraction of sp³-hybridized carbons (Fsp3) is 0.548. The van der Waals surface area contributed by atoms with E-state index >= 15 is 0 Å². The van der Waals surface area contributed by atoms with Crippen molar-refractivity contribution in [3.8, 4) is 0 Å². The van der Waals surface area contributed by atoms with Gasteiger partial charge in [-0.2, -0.15) is 0 Å². The third kappa shape index (κ3) is 5.08. The first-order chi connectivity index (χ1) is 17.1. The van der Waals surface area contributed by atoms with Crippen molar-refractivity contribution in [2.45, 2.75) is 78.7 Å². The molecular formula is C31H42N4O. The predicted molar refractivity (Wildman–Crippen MR) is 149 cm³/mol. The summed E-state index contributed by atoms with van der Waals surface area (Å²) in [5.74, 6) is 1.96. The number of aryl methyl sites for hydroxylation is 1. The van der Waals surface area contributed by atoms with Gasteiger partial charge >= 0.3 is 0 Å². The van der Waals surface area contributed by atoms with Gasteiger partial charge in [0.1, 0.15) is 5.82 Å². The Morgan fingerprint density at radius 3 is 2.47 bits per heavy atom. The molecule has 3 aromatic rings. The van der Waals surface area contributed by atoms with Crippen LogP contribution in [0.2, 0.25) is 0 Å². The third-order valence-electron chi connectivity index (χ3n) is 7.97. The number of hydrogen-bond acceptors (Lipinski definition) is 3. The van der Waals surface area contributed by atoms with Crippen molar-refractivity contribution in [2.24, 2.45) is 11.8 Å². The predicted octanol–water partition coefficient (Wildman–Crippen LogP) is 6.29. The van der Waals surface area contributed by atoms with E-state index in [1.54, 1.807) is 0 Å². The monoisotopic (exact) mass is 486 g/mol. The van der Waals surface area contributed by atoms with E-state index in [1.165, 1.54) is 40.9 Å². The minimum atomic E-state index is -0.00200. The van der Waals surface area contributed by atoms with Crippen molar-refractivity contribution in [1.29, 1.82) is 0 Å². The van der Waals surface area contributed by atoms with Crippen LogP contribution in [0, 0.1) is 18.8 Å². The van der Waals surface area contributed by atoms with Gasteiger partial charge in [-0.25, -0.2) is 4.98 Å². The number of aromatic nitrogens is 2. The quantitative estimate of drug-likeness (QED) is 0.461. The average Bonchev–Trinajstić information content (AvgIpc) is 3.39. The van der Waals surface area contributed by atoms with E-state index in [0.717, 1.165) is 43.7 Å². The van der Waals surface area contributed by atoms with Crippen molar-refractivity contribution in [3.05, 3.63) is 58.9 Å². The molecule has 5 heteroatoms. The van der Waals surface area contributed by atoms with Crippen LogP contribution in [0.15, 0.2) is 36.4 Å². The molecular weight excluding hydrogens is 444 g/mol. The van der Waals surface area contributed by atoms with Crippen LogP contribution in [0.3, 0.4) is 0 Å². The summed E-state index contributed by atoms with van der Waals surface area (Å²) in [6.45, 7) is 16.3. The van der Waals surface area contributed by atoms with Gasteiger partial charge < -0.3 is 14.8 Å². The van der Waals surface area contributed by atoms with Gasteiger partial charge in [0.15, 0.2) is 0 Å². The van der Waals surface area contributed by atoms with Gasteiger partial charge in [0.25, 0.3) is 0 Å². The molecule has 1 N–H and O–H groups in total. The topological polar surface area (TPSA) is 50.2 Å². The maximum atomic E-state index is 12.1. The number of piperidine rings is 1. The maximum absolute atomic E-state index is 12.1. The molecule has 192 valence electrons. The van der Waals surface area contributed by atoms with Crippen molar-refractivity contribution in [2.75, 3.05) is 25.0 Å². The van der Waals surface area contributed by atoms with Crippen LogP contribution in [-0.4, -0.2) is 40.0 Å². The largest absolute Gasteiger partial charge is 0.326 e. The zero-order valence-corrected chi connectivity index (χ0v) is 22.9. The summed E-state index contributed by atoms with van der Waals surface area (Å²) in [5, 5.41) is 3.06. The molecule has 1 saturated heterocycles. The highest BCUT2D eigenvalue weighted by Crippen LogP contribution is 2.35. The average molecular weight is 487 g/mol. The molecule has 36 heavy (non-hydrogen) atoms. The molecule has 1 unspecified atom stereocenters. The highest BCUT2D eigenvalue weighted by molar-refractivity contribution is 5.92. The Hall–Kier alpha value is -2.66. The van der Waals surface area contributed by atoms with E-state index in [1.807, 2.05) is 13.8 Å². The van der Waals surface area contributed by atoms with E-state index in [2.05, 4.69) is 78.9 Å². The van der Waals surface area contributed by atoms with Crippen LogP contribution < -0.4 is 5.32 Å². The van der Waals surface area contributed by atoms with Gasteiger partial charge in [-0.05, 0) is 79.5 Å². The molecule has 2 aromatic carbocycles. The van der Waals surface area contributed by atoms with Gasteiger partial charge in [-0.1, -0.05) is 46.8 Å². The van der Waals surface area contributed by atoms with Gasteiger partial charge in [-0.3, -0.25) is 4.79 Å². The molecule has 2 aliphatic rings. The van der Waals surface area contributed by atoms with Gasteiger partial charge in [0.05, 0.1) is 11.0 Å². The molecule has 1 aromatic heterocycles. The first kappa shape index (κ1) is 25.0. The SMILES string of the molecule is Cc1ccc2c(c1)nc(C(C)(C)C)n2C1CCN(CC2Cc3ccc(NC(=O)C(C)C)cc3C2)CC1. The number of carbonyl (C=O) groups excluding carboxylic acids is 1. The van der Waals surface area contributed by atoms with Gasteiger partial charge in [0, 0.05) is 42.7 Å². The Morgan fingerprint density at radius 2 is 1.78 bits per heavy atom. The van der Waals surface area contributed by atoms with Crippen LogP contribution in [0.5, 0.6) is 0 Å². The Balaban J connectivity index is 1.23. The summed E-state index contributed by atoms with van der Waals surface area (Å²) < 4.78 is 2.56. The van der Waals surface area contributed by atoms with Crippen LogP contribution in [0.1, 0.15) is 76.0 Å². The minimum Gasteiger partial charge on any atom is -0.326 e. The van der Waals surface area contributed by atoms with E-state index < -0.39 is 0 Å². The number of hydrogen-bond donors (Lipinski definition) is 1. The van der Waals surface area contributed by atoms with Crippen molar-refractivity contribution in [1.82, 2.24) is 14.5 Å². The lowest BCUT2D eigenvalue weighted by Crippen LogP contribution is -2.38. The second kappa shape index (κ2) is 9.66. The number of nitrogens with one attached hydrogen (secondary N) is 1. The van der Waals surface area contributed by atoms with Crippen LogP contribution in [0.25, 0.3) is 11.0 Å². The van der Waals surface area contributed by atoms with Crippen molar-refractivity contribution >= 4 is 22.6 Å². The van der Waals surface area contributed by atoms with Gasteiger partial charge in [0.2, 0.25) is 5.91 Å². The van der Waals surface area contributed by atoms with Gasteiger partial charge in [-0.15, -0.1) is 0 Å². The number of fused-ring (bicyclic) bond motifs is 2. The number of nitrogens with zero attached hydrogens (tertiary/aromatic N) is 3. The normalized spacial score (nSPS) is 19.2. The molecule has 1 fully saturated rings. The Morgan fingerprint density at radius 1 is 1.06 bits per heavy atom. The van der Waals surface area contributed by atoms with Crippen LogP contribution in [0.4, 0.5) is 5.69 Å². The zero-order chi connectivity index (χ0) is 25.6. The number of rotatable bonds is 5. The molecule has 0 spiro atoms. The molecule has 1 aliphatic heterocycles. The first-order valence-electron chi connectivity index (χ1n) is 13.7. The fourth-order valence-electron chi connectivity index (χ4n) is 6.04. The summed E-state index contributed by atoms with van der Waals surface area (Å²) in [7, 11) is 0. The zero-order valence-electron chi connectivity index (χ0n) is 22.9. The second-order valence-electron chi connectivity index (χ2n) is 12.5. The highest BCUT2D eigenvalue weighted by Gasteiger charge is 2.31. The van der Waals surface area contributed by atoms with Crippen LogP contribution >= 0.6 is 0 Å². The summed E-state index contributed by atoms with van der Waals surface area (Å²) in [6, 6.07) is 13.7. The molecule has 5 rings (SSSR count). The summed E-state index contributed by atoms with van der Waals surface area (Å²) in [4.78, 5) is 19.9. The number of benzene rings is 2. The number of amides is 1. The molecule has 1 amide bonds. The summed E-state index contributed by atoms with van der Waals surface area (Å²) in [5.41, 5.74) is 7.51. The first-order valence-corrected chi connectivity index (χ1v) is 13.7. The second-order valence-corrected chi connectivity index (χ2v) is 12.5. The molecule has 0 saturated carbocycles. The Bertz CT molecular complexity index is 1260. The molecule has 1 aliphatic carbocycles. The smallest absolute Gasteiger partial charge is 0.226 e. The lowest BCUT2D eigenvalue weighted by Gasteiger charge is -2.36. The summed E-state index contributed by atoms with van der Waals surface area (Å²) >= 11 is 0. The number of anilines is 1. The fourth-order valence-corrected chi connectivity index (χ4v) is 6.04. The van der Waals surface area contributed by atoms with E-state index in [-0.39, 0.29) is 17.2 Å². The van der Waals surface area contributed by atoms with E-state index in [9.17, 15) is 4.79 Å². The molecule has 5 nitrogen and oxygen atoms in total. The molecule has 0 radical (unpaired) electrons. The molecule has 1 atom stereocenters. The molecule has 2 heterocycles. The molecule has 0 bridgehead atoms. The number of likely N-dealkylation sites (tertiary alicyclic amines) is 1. The minimum absolute atomic E-state index is 0.00200. The highest BCUT2D eigenvalue weighted by atomic mass is 16.1. The third-order valence-corrected chi connectivity index (χ3v) is 7.97. The lowest BCUT2D eigenvalue weighted by atomic mass is 9.94. The lowest BCUT2D eigenvalue weighted by molar-refractivity contribution is -0.118.